The zero-order valence-electron chi connectivity index (χ0n) is 33.7. The minimum atomic E-state index is -0.540. The van der Waals surface area contributed by atoms with Crippen LogP contribution in [0.25, 0.3) is 0 Å². The van der Waals surface area contributed by atoms with Crippen molar-refractivity contribution < 1.29 is 33.6 Å². The first-order valence-electron chi connectivity index (χ1n) is 20.9. The summed E-state index contributed by atoms with van der Waals surface area (Å²) in [5.74, 6) is 1.47. The number of carbonyl (C=O) groups is 1. The molecule has 0 saturated carbocycles. The number of esters is 1. The van der Waals surface area contributed by atoms with Crippen LogP contribution in [0.15, 0.2) is 0 Å². The number of piperazine rings is 1. The van der Waals surface area contributed by atoms with Crippen LogP contribution in [0.3, 0.4) is 0 Å². The summed E-state index contributed by atoms with van der Waals surface area (Å²) in [5, 5.41) is 8.89. The zero-order valence-corrected chi connectivity index (χ0v) is 33.7. The number of ether oxygens (including phenoxy) is 5. The summed E-state index contributed by atoms with van der Waals surface area (Å²) in [6, 6.07) is 0. The smallest absolute Gasteiger partial charge is 0.305 e. The van der Waals surface area contributed by atoms with E-state index in [-0.39, 0.29) is 19.2 Å². The fourth-order valence-electron chi connectivity index (χ4n) is 6.62. The number of carbonyl (C=O) groups excluding carboxylic acids is 1. The lowest BCUT2D eigenvalue weighted by molar-refractivity contribution is -0.157. The lowest BCUT2D eigenvalue weighted by Gasteiger charge is -2.35. The molecular weight excluding hydrogens is 632 g/mol. The van der Waals surface area contributed by atoms with Crippen molar-refractivity contribution in [1.82, 2.24) is 9.80 Å². The van der Waals surface area contributed by atoms with Crippen LogP contribution in [0.1, 0.15) is 131 Å². The van der Waals surface area contributed by atoms with Gasteiger partial charge in [-0.1, -0.05) is 99.3 Å². The predicted molar refractivity (Wildman–Crippen MR) is 206 cm³/mol. The van der Waals surface area contributed by atoms with E-state index in [0.29, 0.717) is 57.2 Å². The van der Waals surface area contributed by atoms with E-state index in [2.05, 4.69) is 51.3 Å². The number of aliphatic hydroxyl groups excluding tert-OH is 1. The summed E-state index contributed by atoms with van der Waals surface area (Å²) in [4.78, 5) is 18.0. The van der Waals surface area contributed by atoms with Crippen molar-refractivity contribution in [2.45, 2.75) is 131 Å². The Balaban J connectivity index is 2.86. The van der Waals surface area contributed by atoms with Crippen LogP contribution in [0.2, 0.25) is 0 Å². The summed E-state index contributed by atoms with van der Waals surface area (Å²) in [6.07, 6.45) is 15.3. The topological polar surface area (TPSA) is 89.9 Å². The second-order valence-corrected chi connectivity index (χ2v) is 15.1. The van der Waals surface area contributed by atoms with Crippen LogP contribution in [-0.2, 0) is 28.5 Å². The van der Waals surface area contributed by atoms with Crippen LogP contribution in [0.4, 0.5) is 0 Å². The quantitative estimate of drug-likeness (QED) is 0.0526. The predicted octanol–water partition coefficient (Wildman–Crippen LogP) is 7.62. The normalized spacial score (nSPS) is 17.4. The highest BCUT2D eigenvalue weighted by molar-refractivity contribution is 5.69. The molecule has 1 saturated heterocycles. The molecule has 9 heteroatoms. The zero-order chi connectivity index (χ0) is 36.7. The molecule has 0 bridgehead atoms. The third kappa shape index (κ3) is 23.0. The van der Waals surface area contributed by atoms with Gasteiger partial charge in [0, 0.05) is 59.0 Å². The van der Waals surface area contributed by atoms with E-state index < -0.39 is 5.41 Å². The Morgan fingerprint density at radius 3 is 1.44 bits per heavy atom. The molecule has 1 fully saturated rings. The summed E-state index contributed by atoms with van der Waals surface area (Å²) < 4.78 is 31.0. The van der Waals surface area contributed by atoms with Gasteiger partial charge in [0.2, 0.25) is 0 Å². The third-order valence-electron chi connectivity index (χ3n) is 10.6. The molecule has 50 heavy (non-hydrogen) atoms. The number of nitrogens with zero attached hydrogens (tertiary/aromatic N) is 2. The maximum absolute atomic E-state index is 13.2. The Morgan fingerprint density at radius 1 is 0.600 bits per heavy atom. The average Bonchev–Trinajstić information content (AvgIpc) is 3.14. The van der Waals surface area contributed by atoms with E-state index in [4.69, 9.17) is 28.8 Å². The van der Waals surface area contributed by atoms with Crippen molar-refractivity contribution in [3.05, 3.63) is 0 Å². The maximum Gasteiger partial charge on any atom is 0.305 e. The minimum Gasteiger partial charge on any atom is -0.465 e. The van der Waals surface area contributed by atoms with Crippen LogP contribution in [0.5, 0.6) is 0 Å². The van der Waals surface area contributed by atoms with Gasteiger partial charge >= 0.3 is 5.97 Å². The number of rotatable bonds is 35. The van der Waals surface area contributed by atoms with Gasteiger partial charge in [0.05, 0.1) is 45.1 Å². The molecule has 1 N–H and O–H groups in total. The minimum absolute atomic E-state index is 0.0715. The van der Waals surface area contributed by atoms with E-state index in [1.54, 1.807) is 0 Å². The van der Waals surface area contributed by atoms with E-state index in [9.17, 15) is 4.79 Å². The van der Waals surface area contributed by atoms with Gasteiger partial charge in [-0.3, -0.25) is 9.69 Å². The lowest BCUT2D eigenvalue weighted by Crippen LogP contribution is -2.47. The molecule has 1 aliphatic rings. The van der Waals surface area contributed by atoms with Gasteiger partial charge in [0.25, 0.3) is 0 Å². The van der Waals surface area contributed by atoms with Crippen LogP contribution in [-0.4, -0.2) is 126 Å². The average molecular weight is 715 g/mol. The highest BCUT2D eigenvalue weighted by atomic mass is 16.5. The van der Waals surface area contributed by atoms with Crippen LogP contribution < -0.4 is 0 Å². The molecule has 3 unspecified atom stereocenters. The van der Waals surface area contributed by atoms with Crippen LogP contribution in [0, 0.1) is 23.2 Å². The summed E-state index contributed by atoms with van der Waals surface area (Å²) in [7, 11) is 0. The van der Waals surface area contributed by atoms with Crippen molar-refractivity contribution in [2.24, 2.45) is 23.2 Å². The molecule has 1 aliphatic heterocycles. The molecular formula is C41H82N2O7. The first-order chi connectivity index (χ1) is 24.4. The number of hydrogen-bond donors (Lipinski definition) is 1. The van der Waals surface area contributed by atoms with Gasteiger partial charge < -0.3 is 33.7 Å². The SMILES string of the molecule is CCCCC(CC)COCC(COCC(CC)CCCC)(COCC(CC)CCCC)COC(=O)CCCN1CCN(CCOCCO)CC1. The number of hydrogen-bond acceptors (Lipinski definition) is 9. The van der Waals surface area contributed by atoms with E-state index >= 15 is 0 Å². The first kappa shape index (κ1) is 47.2. The first-order valence-corrected chi connectivity index (χ1v) is 20.9. The highest BCUT2D eigenvalue weighted by Crippen LogP contribution is 2.25. The second kappa shape index (κ2) is 31.7. The Labute approximate surface area is 308 Å². The second-order valence-electron chi connectivity index (χ2n) is 15.1. The van der Waals surface area contributed by atoms with Gasteiger partial charge in [-0.05, 0) is 50.0 Å². The van der Waals surface area contributed by atoms with Gasteiger partial charge in [-0.2, -0.15) is 0 Å². The standard InChI is InChI=1S/C41H82N2O7/c1-7-13-17-37(10-4)30-47-33-41(34-48-31-38(11-5)18-14-8-2,35-49-32-39(12-6)19-15-9-3)36-50-40(45)20-16-21-42-22-24-43(25-23-42)26-28-46-29-27-44/h37-39,44H,7-36H2,1-6H3. The molecule has 0 aromatic heterocycles. The van der Waals surface area contributed by atoms with Crippen molar-refractivity contribution in [1.29, 1.82) is 0 Å². The molecule has 9 nitrogen and oxygen atoms in total. The van der Waals surface area contributed by atoms with Crippen molar-refractivity contribution in [3.8, 4) is 0 Å². The highest BCUT2D eigenvalue weighted by Gasteiger charge is 2.35. The van der Waals surface area contributed by atoms with Crippen molar-refractivity contribution >= 4 is 5.97 Å². The molecule has 0 spiro atoms. The maximum atomic E-state index is 13.2. The molecule has 298 valence electrons. The van der Waals surface area contributed by atoms with Gasteiger partial charge in [0.1, 0.15) is 6.61 Å². The fourth-order valence-corrected chi connectivity index (χ4v) is 6.62. The molecule has 1 rings (SSSR count). The van der Waals surface area contributed by atoms with E-state index in [1.807, 2.05) is 0 Å². The largest absolute Gasteiger partial charge is 0.465 e. The van der Waals surface area contributed by atoms with Crippen molar-refractivity contribution in [2.75, 3.05) is 105 Å². The summed E-state index contributed by atoms with van der Waals surface area (Å²) in [6.45, 7) is 24.2. The Kier molecular flexibility index (Phi) is 29.9. The summed E-state index contributed by atoms with van der Waals surface area (Å²) in [5.41, 5.74) is -0.540. The Bertz CT molecular complexity index is 710. The molecule has 1 heterocycles. The number of unbranched alkanes of at least 4 members (excludes halogenated alkanes) is 3. The van der Waals surface area contributed by atoms with Crippen molar-refractivity contribution in [3.63, 3.8) is 0 Å². The monoisotopic (exact) mass is 715 g/mol. The van der Waals surface area contributed by atoms with Gasteiger partial charge in [-0.15, -0.1) is 0 Å². The van der Waals surface area contributed by atoms with Gasteiger partial charge in [-0.25, -0.2) is 0 Å². The van der Waals surface area contributed by atoms with Gasteiger partial charge in [0.15, 0.2) is 0 Å². The third-order valence-corrected chi connectivity index (χ3v) is 10.6. The van der Waals surface area contributed by atoms with E-state index in [1.165, 1.54) is 57.8 Å². The molecule has 0 amide bonds. The van der Waals surface area contributed by atoms with Crippen LogP contribution >= 0.6 is 0 Å². The molecule has 0 aromatic rings. The molecule has 0 aliphatic carbocycles. The summed E-state index contributed by atoms with van der Waals surface area (Å²) >= 11 is 0. The number of aliphatic hydroxyl groups is 1. The van der Waals surface area contributed by atoms with E-state index in [0.717, 1.165) is 84.8 Å². The molecule has 3 atom stereocenters. The fraction of sp³-hybridized carbons (Fsp3) is 0.976. The Hall–Kier alpha value is -0.810. The molecule has 0 radical (unpaired) electrons. The molecule has 0 aromatic carbocycles. The Morgan fingerprint density at radius 2 is 1.04 bits per heavy atom. The lowest BCUT2D eigenvalue weighted by atomic mass is 9.91.